The van der Waals surface area contributed by atoms with Crippen molar-refractivity contribution in [1.82, 2.24) is 15.0 Å². The van der Waals surface area contributed by atoms with Crippen LogP contribution in [-0.2, 0) is 0 Å². The molecule has 5 heteroatoms. The van der Waals surface area contributed by atoms with Crippen LogP contribution >= 0.6 is 0 Å². The Bertz CT molecular complexity index is 491. The molecule has 0 aromatic carbocycles. The van der Waals surface area contributed by atoms with E-state index in [0.717, 1.165) is 17.9 Å². The van der Waals surface area contributed by atoms with E-state index in [1.807, 2.05) is 0 Å². The predicted molar refractivity (Wildman–Crippen MR) is 63.9 cm³/mol. The fraction of sp³-hybridized carbons (Fsp3) is 0.333. The summed E-state index contributed by atoms with van der Waals surface area (Å²) < 4.78 is 13.0. The standard InChI is InChI=1S/C12H15FN4/c1-2-8(4-14)12-16-7-11(17-12)9-3-10(13)6-15-5-9/h3,5-8H,2,4,14H2,1H3,(H,16,17). The molecule has 3 N–H and O–H groups in total. The molecule has 2 aromatic rings. The van der Waals surface area contributed by atoms with Crippen molar-refractivity contribution in [3.63, 3.8) is 0 Å². The van der Waals surface area contributed by atoms with E-state index < -0.39 is 0 Å². The summed E-state index contributed by atoms with van der Waals surface area (Å²) in [6, 6.07) is 1.42. The summed E-state index contributed by atoms with van der Waals surface area (Å²) in [7, 11) is 0. The number of halogens is 1. The van der Waals surface area contributed by atoms with E-state index in [2.05, 4.69) is 21.9 Å². The van der Waals surface area contributed by atoms with Crippen LogP contribution in [0.1, 0.15) is 25.1 Å². The van der Waals surface area contributed by atoms with E-state index in [1.165, 1.54) is 12.3 Å². The smallest absolute Gasteiger partial charge is 0.142 e. The Balaban J connectivity index is 2.29. The van der Waals surface area contributed by atoms with Crippen molar-refractivity contribution in [2.75, 3.05) is 6.54 Å². The van der Waals surface area contributed by atoms with Gasteiger partial charge in [0, 0.05) is 24.2 Å². The zero-order valence-electron chi connectivity index (χ0n) is 9.65. The summed E-state index contributed by atoms with van der Waals surface area (Å²) in [6.07, 6.45) is 5.38. The van der Waals surface area contributed by atoms with E-state index >= 15 is 0 Å². The summed E-state index contributed by atoms with van der Waals surface area (Å²) in [5.41, 5.74) is 7.11. The number of rotatable bonds is 4. The van der Waals surface area contributed by atoms with Gasteiger partial charge in [0.1, 0.15) is 11.6 Å². The molecule has 0 fully saturated rings. The predicted octanol–water partition coefficient (Wildman–Crippen LogP) is 2.06. The Morgan fingerprint density at radius 1 is 1.41 bits per heavy atom. The summed E-state index contributed by atoms with van der Waals surface area (Å²) in [5, 5.41) is 0. The van der Waals surface area contributed by atoms with E-state index in [-0.39, 0.29) is 11.7 Å². The Morgan fingerprint density at radius 3 is 2.88 bits per heavy atom. The van der Waals surface area contributed by atoms with Gasteiger partial charge in [-0.1, -0.05) is 6.92 Å². The highest BCUT2D eigenvalue weighted by molar-refractivity contribution is 5.57. The molecule has 0 saturated heterocycles. The normalized spacial score (nSPS) is 12.6. The lowest BCUT2D eigenvalue weighted by atomic mass is 10.1. The third kappa shape index (κ3) is 2.50. The molecule has 0 bridgehead atoms. The van der Waals surface area contributed by atoms with Crippen LogP contribution < -0.4 is 5.73 Å². The number of pyridine rings is 1. The van der Waals surface area contributed by atoms with Crippen LogP contribution in [0, 0.1) is 5.82 Å². The average Bonchev–Trinajstić information content (AvgIpc) is 2.80. The lowest BCUT2D eigenvalue weighted by Crippen LogP contribution is -2.12. The third-order valence-electron chi connectivity index (χ3n) is 2.78. The Labute approximate surface area is 99.1 Å². The fourth-order valence-electron chi connectivity index (χ4n) is 1.72. The van der Waals surface area contributed by atoms with Crippen molar-refractivity contribution in [3.8, 4) is 11.3 Å². The molecular formula is C12H15FN4. The van der Waals surface area contributed by atoms with Crippen LogP contribution in [0.5, 0.6) is 0 Å². The molecule has 2 aromatic heterocycles. The van der Waals surface area contributed by atoms with Gasteiger partial charge in [-0.3, -0.25) is 4.98 Å². The van der Waals surface area contributed by atoms with E-state index in [0.29, 0.717) is 12.1 Å². The van der Waals surface area contributed by atoms with Gasteiger partial charge in [0.05, 0.1) is 18.1 Å². The minimum atomic E-state index is -0.357. The monoisotopic (exact) mass is 234 g/mol. The summed E-state index contributed by atoms with van der Waals surface area (Å²) in [4.78, 5) is 11.2. The summed E-state index contributed by atoms with van der Waals surface area (Å²) in [6.45, 7) is 2.61. The topological polar surface area (TPSA) is 67.6 Å². The zero-order valence-corrected chi connectivity index (χ0v) is 9.65. The second kappa shape index (κ2) is 5.05. The second-order valence-electron chi connectivity index (χ2n) is 3.91. The van der Waals surface area contributed by atoms with E-state index in [4.69, 9.17) is 5.73 Å². The van der Waals surface area contributed by atoms with Gasteiger partial charge in [-0.15, -0.1) is 0 Å². The summed E-state index contributed by atoms with van der Waals surface area (Å²) >= 11 is 0. The summed E-state index contributed by atoms with van der Waals surface area (Å²) in [5.74, 6) is 0.698. The van der Waals surface area contributed by atoms with E-state index in [9.17, 15) is 4.39 Å². The van der Waals surface area contributed by atoms with Gasteiger partial charge in [-0.25, -0.2) is 9.37 Å². The Morgan fingerprint density at radius 2 is 2.24 bits per heavy atom. The maximum Gasteiger partial charge on any atom is 0.142 e. The molecule has 0 amide bonds. The number of aromatic nitrogens is 3. The second-order valence-corrected chi connectivity index (χ2v) is 3.91. The van der Waals surface area contributed by atoms with Crippen molar-refractivity contribution in [2.24, 2.45) is 5.73 Å². The van der Waals surface area contributed by atoms with Crippen molar-refractivity contribution in [2.45, 2.75) is 19.3 Å². The van der Waals surface area contributed by atoms with Crippen molar-refractivity contribution >= 4 is 0 Å². The van der Waals surface area contributed by atoms with Gasteiger partial charge >= 0.3 is 0 Å². The molecule has 1 atom stereocenters. The molecule has 2 heterocycles. The Kier molecular flexibility index (Phi) is 3.49. The number of aromatic amines is 1. The van der Waals surface area contributed by atoms with Gasteiger partial charge in [-0.05, 0) is 12.5 Å². The van der Waals surface area contributed by atoms with Gasteiger partial charge in [-0.2, -0.15) is 0 Å². The first-order chi connectivity index (χ1) is 8.24. The molecule has 0 aliphatic heterocycles. The largest absolute Gasteiger partial charge is 0.342 e. The maximum absolute atomic E-state index is 13.0. The van der Waals surface area contributed by atoms with Crippen molar-refractivity contribution < 1.29 is 4.39 Å². The highest BCUT2D eigenvalue weighted by Crippen LogP contribution is 2.21. The number of nitrogens with two attached hydrogens (primary N) is 1. The zero-order chi connectivity index (χ0) is 12.3. The fourth-order valence-corrected chi connectivity index (χ4v) is 1.72. The third-order valence-corrected chi connectivity index (χ3v) is 2.78. The number of imidazole rings is 1. The average molecular weight is 234 g/mol. The quantitative estimate of drug-likeness (QED) is 0.850. The highest BCUT2D eigenvalue weighted by atomic mass is 19.1. The van der Waals surface area contributed by atoms with Crippen LogP contribution in [0.2, 0.25) is 0 Å². The van der Waals surface area contributed by atoms with E-state index in [1.54, 1.807) is 12.4 Å². The first-order valence-electron chi connectivity index (χ1n) is 5.60. The lowest BCUT2D eigenvalue weighted by molar-refractivity contribution is 0.621. The van der Waals surface area contributed by atoms with Crippen LogP contribution in [0.3, 0.4) is 0 Å². The van der Waals surface area contributed by atoms with Crippen LogP contribution in [0.15, 0.2) is 24.7 Å². The molecule has 1 unspecified atom stereocenters. The maximum atomic E-state index is 13.0. The first kappa shape index (κ1) is 11.7. The molecule has 2 rings (SSSR count). The molecule has 0 aliphatic carbocycles. The lowest BCUT2D eigenvalue weighted by Gasteiger charge is -2.07. The highest BCUT2D eigenvalue weighted by Gasteiger charge is 2.12. The van der Waals surface area contributed by atoms with Crippen molar-refractivity contribution in [1.29, 1.82) is 0 Å². The SMILES string of the molecule is CCC(CN)c1ncc(-c2cncc(F)c2)[nH]1. The molecule has 0 aliphatic rings. The van der Waals surface area contributed by atoms with Gasteiger partial charge in [0.15, 0.2) is 0 Å². The molecule has 0 spiro atoms. The van der Waals surface area contributed by atoms with Gasteiger partial charge in [0.2, 0.25) is 0 Å². The van der Waals surface area contributed by atoms with Crippen molar-refractivity contribution in [3.05, 3.63) is 36.3 Å². The minimum absolute atomic E-state index is 0.213. The Hall–Kier alpha value is -1.75. The number of nitrogens with zero attached hydrogens (tertiary/aromatic N) is 2. The van der Waals surface area contributed by atoms with Gasteiger partial charge in [0.25, 0.3) is 0 Å². The minimum Gasteiger partial charge on any atom is -0.342 e. The van der Waals surface area contributed by atoms with Gasteiger partial charge < -0.3 is 10.7 Å². The molecule has 90 valence electrons. The number of hydrogen-bond acceptors (Lipinski definition) is 3. The molecule has 0 saturated carbocycles. The van der Waals surface area contributed by atoms with Crippen LogP contribution in [0.25, 0.3) is 11.3 Å². The number of hydrogen-bond donors (Lipinski definition) is 2. The number of nitrogens with one attached hydrogen (secondary N) is 1. The first-order valence-corrected chi connectivity index (χ1v) is 5.60. The molecule has 4 nitrogen and oxygen atoms in total. The molecule has 0 radical (unpaired) electrons. The van der Waals surface area contributed by atoms with Crippen LogP contribution in [0.4, 0.5) is 4.39 Å². The van der Waals surface area contributed by atoms with Crippen LogP contribution in [-0.4, -0.2) is 21.5 Å². The molecular weight excluding hydrogens is 219 g/mol. The number of H-pyrrole nitrogens is 1. The molecule has 17 heavy (non-hydrogen) atoms.